The number of benzene rings is 1. The number of rotatable bonds is 5. The third-order valence-corrected chi connectivity index (χ3v) is 2.39. The molecule has 17 heavy (non-hydrogen) atoms. The van der Waals surface area contributed by atoms with E-state index < -0.39 is 5.97 Å². The number of carbonyl (C=O) groups is 1. The smallest absolute Gasteiger partial charge is 0.330 e. The number of ether oxygens (including phenoxy) is 2. The molecule has 0 saturated carbocycles. The highest BCUT2D eigenvalue weighted by molar-refractivity contribution is 6.37. The van der Waals surface area contributed by atoms with Gasteiger partial charge in [0.05, 0.1) is 10.0 Å². The molecule has 0 heterocycles. The minimum atomic E-state index is -0.402. The van der Waals surface area contributed by atoms with Gasteiger partial charge in [0, 0.05) is 6.08 Å². The zero-order chi connectivity index (χ0) is 12.7. The molecule has 0 radical (unpaired) electrons. The van der Waals surface area contributed by atoms with Crippen LogP contribution in [0.25, 0.3) is 0 Å². The van der Waals surface area contributed by atoms with Gasteiger partial charge in [0.15, 0.2) is 5.75 Å². The molecule has 0 amide bonds. The standard InChI is InChI=1S/C12H12Cl2O3/c1-2-4-11(15)16-7-8-17-12-9(13)5-3-6-10(12)14/h2-6H,7-8H2,1H3/b4-2+. The van der Waals surface area contributed by atoms with E-state index in [0.717, 1.165) is 0 Å². The van der Waals surface area contributed by atoms with Crippen LogP contribution in [0, 0.1) is 0 Å². The minimum Gasteiger partial charge on any atom is -0.487 e. The second-order valence-corrected chi connectivity index (χ2v) is 3.88. The van der Waals surface area contributed by atoms with Gasteiger partial charge < -0.3 is 9.47 Å². The Labute approximate surface area is 110 Å². The predicted molar refractivity (Wildman–Crippen MR) is 67.7 cm³/mol. The van der Waals surface area contributed by atoms with Gasteiger partial charge in [0.1, 0.15) is 13.2 Å². The molecule has 0 N–H and O–H groups in total. The van der Waals surface area contributed by atoms with E-state index >= 15 is 0 Å². The summed E-state index contributed by atoms with van der Waals surface area (Å²) in [6.07, 6.45) is 2.94. The molecule has 0 bridgehead atoms. The molecule has 0 spiro atoms. The van der Waals surface area contributed by atoms with Crippen molar-refractivity contribution in [2.24, 2.45) is 0 Å². The Balaban J connectivity index is 2.39. The number of halogens is 2. The van der Waals surface area contributed by atoms with Gasteiger partial charge in [-0.05, 0) is 19.1 Å². The van der Waals surface area contributed by atoms with E-state index in [1.165, 1.54) is 6.08 Å². The van der Waals surface area contributed by atoms with E-state index in [9.17, 15) is 4.79 Å². The second-order valence-electron chi connectivity index (χ2n) is 3.07. The molecule has 0 aromatic heterocycles. The van der Waals surface area contributed by atoms with Crippen molar-refractivity contribution < 1.29 is 14.3 Å². The quantitative estimate of drug-likeness (QED) is 0.468. The zero-order valence-electron chi connectivity index (χ0n) is 9.28. The normalized spacial score (nSPS) is 10.5. The first-order valence-corrected chi connectivity index (χ1v) is 5.77. The van der Waals surface area contributed by atoms with Crippen LogP contribution in [0.4, 0.5) is 0 Å². The predicted octanol–water partition coefficient (Wildman–Crippen LogP) is 3.49. The van der Waals surface area contributed by atoms with Crippen molar-refractivity contribution in [3.05, 3.63) is 40.4 Å². The topological polar surface area (TPSA) is 35.5 Å². The van der Waals surface area contributed by atoms with Gasteiger partial charge in [-0.25, -0.2) is 4.79 Å². The number of hydrogen-bond donors (Lipinski definition) is 0. The number of esters is 1. The Hall–Kier alpha value is -1.19. The zero-order valence-corrected chi connectivity index (χ0v) is 10.8. The summed E-state index contributed by atoms with van der Waals surface area (Å²) in [4.78, 5) is 11.0. The van der Waals surface area contributed by atoms with Gasteiger partial charge in [0.25, 0.3) is 0 Å². The SMILES string of the molecule is C/C=C/C(=O)OCCOc1c(Cl)cccc1Cl. The number of carbonyl (C=O) groups excluding carboxylic acids is 1. The van der Waals surface area contributed by atoms with Gasteiger partial charge >= 0.3 is 5.97 Å². The molecule has 1 aromatic carbocycles. The third-order valence-electron chi connectivity index (χ3n) is 1.80. The fourth-order valence-corrected chi connectivity index (χ4v) is 1.60. The largest absolute Gasteiger partial charge is 0.487 e. The third kappa shape index (κ3) is 4.67. The van der Waals surface area contributed by atoms with Gasteiger partial charge in [-0.1, -0.05) is 35.3 Å². The van der Waals surface area contributed by atoms with Crippen LogP contribution in [0.5, 0.6) is 5.75 Å². The molecule has 5 heteroatoms. The number of hydrogen-bond acceptors (Lipinski definition) is 3. The first-order valence-electron chi connectivity index (χ1n) is 5.01. The van der Waals surface area contributed by atoms with Crippen molar-refractivity contribution in [1.82, 2.24) is 0 Å². The molecule has 92 valence electrons. The Morgan fingerprint density at radius 1 is 1.29 bits per heavy atom. The summed E-state index contributed by atoms with van der Waals surface area (Å²) in [6, 6.07) is 5.08. The Morgan fingerprint density at radius 3 is 2.53 bits per heavy atom. The Kier molecular flexibility index (Phi) is 5.87. The van der Waals surface area contributed by atoms with Crippen LogP contribution < -0.4 is 4.74 Å². The molecule has 0 unspecified atom stereocenters. The summed E-state index contributed by atoms with van der Waals surface area (Å²) in [5.74, 6) is -0.000675. The average Bonchev–Trinajstić information content (AvgIpc) is 2.28. The van der Waals surface area contributed by atoms with E-state index in [0.29, 0.717) is 15.8 Å². The summed E-state index contributed by atoms with van der Waals surface area (Å²) in [5.41, 5.74) is 0. The molecular formula is C12H12Cl2O3. The van der Waals surface area contributed by atoms with Crippen molar-refractivity contribution >= 4 is 29.2 Å². The Bertz CT molecular complexity index is 396. The van der Waals surface area contributed by atoms with Crippen LogP contribution in [0.2, 0.25) is 10.0 Å². The van der Waals surface area contributed by atoms with Gasteiger partial charge in [-0.2, -0.15) is 0 Å². The van der Waals surface area contributed by atoms with Gasteiger partial charge in [-0.3, -0.25) is 0 Å². The molecule has 1 rings (SSSR count). The van der Waals surface area contributed by atoms with Gasteiger partial charge in [0.2, 0.25) is 0 Å². The fourth-order valence-electron chi connectivity index (χ4n) is 1.09. The molecule has 0 aliphatic heterocycles. The Morgan fingerprint density at radius 2 is 1.94 bits per heavy atom. The van der Waals surface area contributed by atoms with Crippen LogP contribution in [0.1, 0.15) is 6.92 Å². The van der Waals surface area contributed by atoms with E-state index in [-0.39, 0.29) is 13.2 Å². The monoisotopic (exact) mass is 274 g/mol. The van der Waals surface area contributed by atoms with Crippen molar-refractivity contribution in [3.8, 4) is 5.75 Å². The summed E-state index contributed by atoms with van der Waals surface area (Å²) >= 11 is 11.8. The molecule has 3 nitrogen and oxygen atoms in total. The van der Waals surface area contributed by atoms with Crippen LogP contribution >= 0.6 is 23.2 Å². The summed E-state index contributed by atoms with van der Waals surface area (Å²) in [5, 5.41) is 0.856. The first-order chi connectivity index (χ1) is 8.15. The molecule has 0 aliphatic rings. The van der Waals surface area contributed by atoms with E-state index in [4.69, 9.17) is 32.7 Å². The average molecular weight is 275 g/mol. The van der Waals surface area contributed by atoms with Crippen molar-refractivity contribution in [2.45, 2.75) is 6.92 Å². The van der Waals surface area contributed by atoms with E-state index in [1.54, 1.807) is 31.2 Å². The van der Waals surface area contributed by atoms with E-state index in [1.807, 2.05) is 0 Å². The maximum Gasteiger partial charge on any atom is 0.330 e. The molecule has 0 saturated heterocycles. The van der Waals surface area contributed by atoms with Gasteiger partial charge in [-0.15, -0.1) is 0 Å². The lowest BCUT2D eigenvalue weighted by molar-refractivity contribution is -0.138. The molecule has 0 atom stereocenters. The highest BCUT2D eigenvalue weighted by Crippen LogP contribution is 2.32. The lowest BCUT2D eigenvalue weighted by Crippen LogP contribution is -2.10. The van der Waals surface area contributed by atoms with Crippen molar-refractivity contribution in [3.63, 3.8) is 0 Å². The van der Waals surface area contributed by atoms with Crippen LogP contribution in [0.15, 0.2) is 30.4 Å². The maximum atomic E-state index is 11.0. The van der Waals surface area contributed by atoms with Crippen LogP contribution in [-0.4, -0.2) is 19.2 Å². The van der Waals surface area contributed by atoms with Crippen LogP contribution in [0.3, 0.4) is 0 Å². The summed E-state index contributed by atoms with van der Waals surface area (Å²) < 4.78 is 10.2. The minimum absolute atomic E-state index is 0.144. The molecule has 1 aromatic rings. The number of allylic oxidation sites excluding steroid dienone is 1. The molecule has 0 fully saturated rings. The molecular weight excluding hydrogens is 263 g/mol. The lowest BCUT2D eigenvalue weighted by Gasteiger charge is -2.09. The highest BCUT2D eigenvalue weighted by Gasteiger charge is 2.06. The second kappa shape index (κ2) is 7.20. The highest BCUT2D eigenvalue weighted by atomic mass is 35.5. The summed E-state index contributed by atoms with van der Waals surface area (Å²) in [7, 11) is 0. The maximum absolute atomic E-state index is 11.0. The van der Waals surface area contributed by atoms with Crippen molar-refractivity contribution in [1.29, 1.82) is 0 Å². The lowest BCUT2D eigenvalue weighted by atomic mass is 10.3. The summed E-state index contributed by atoms with van der Waals surface area (Å²) in [6.45, 7) is 2.08. The fraction of sp³-hybridized carbons (Fsp3) is 0.250. The van der Waals surface area contributed by atoms with Crippen LogP contribution in [-0.2, 0) is 9.53 Å². The van der Waals surface area contributed by atoms with E-state index in [2.05, 4.69) is 0 Å². The molecule has 0 aliphatic carbocycles. The number of para-hydroxylation sites is 1. The first kappa shape index (κ1) is 13.9. The van der Waals surface area contributed by atoms with Crippen molar-refractivity contribution in [2.75, 3.05) is 13.2 Å².